The van der Waals surface area contributed by atoms with E-state index in [2.05, 4.69) is 5.32 Å². The second-order valence-corrected chi connectivity index (χ2v) is 12.5. The molecule has 182 valence electrons. The van der Waals surface area contributed by atoms with Gasteiger partial charge in [-0.2, -0.15) is 17.5 Å². The van der Waals surface area contributed by atoms with E-state index in [0.717, 1.165) is 43.5 Å². The van der Waals surface area contributed by atoms with Crippen molar-refractivity contribution in [3.63, 3.8) is 0 Å². The van der Waals surface area contributed by atoms with E-state index in [0.29, 0.717) is 37.1 Å². The summed E-state index contributed by atoms with van der Waals surface area (Å²) < 4.78 is 66.2. The first-order valence-electron chi connectivity index (χ1n) is 12.1. The molecule has 0 aromatic heterocycles. The first-order chi connectivity index (χ1) is 15.6. The Morgan fingerprint density at radius 2 is 1.76 bits per heavy atom. The van der Waals surface area contributed by atoms with Crippen molar-refractivity contribution in [1.29, 1.82) is 0 Å². The molecule has 1 aliphatic heterocycles. The van der Waals surface area contributed by atoms with Crippen LogP contribution >= 0.6 is 0 Å². The van der Waals surface area contributed by atoms with Gasteiger partial charge in [-0.15, -0.1) is 0 Å². The van der Waals surface area contributed by atoms with Crippen molar-refractivity contribution in [3.8, 4) is 0 Å². The fourth-order valence-corrected chi connectivity index (χ4v) is 8.80. The second-order valence-electron chi connectivity index (χ2n) is 10.6. The van der Waals surface area contributed by atoms with Crippen molar-refractivity contribution in [2.75, 3.05) is 13.1 Å². The maximum Gasteiger partial charge on any atom is 0.416 e. The summed E-state index contributed by atoms with van der Waals surface area (Å²) in [5.41, 5.74) is -1.17. The van der Waals surface area contributed by atoms with E-state index in [9.17, 15) is 26.4 Å². The number of hydrogen-bond donors (Lipinski definition) is 1. The minimum atomic E-state index is -4.51. The molecule has 1 saturated heterocycles. The summed E-state index contributed by atoms with van der Waals surface area (Å²) in [4.78, 5) is 13.2. The molecule has 9 heteroatoms. The number of fused-ring (bicyclic) bond motifs is 2. The largest absolute Gasteiger partial charge is 0.416 e. The fraction of sp³-hybridized carbons (Fsp3) is 0.708. The zero-order valence-corrected chi connectivity index (χ0v) is 19.4. The van der Waals surface area contributed by atoms with E-state index in [1.165, 1.54) is 30.0 Å². The number of nitrogens with zero attached hydrogens (tertiary/aromatic N) is 1. The first-order valence-corrected chi connectivity index (χ1v) is 13.5. The van der Waals surface area contributed by atoms with Gasteiger partial charge in [-0.3, -0.25) is 4.79 Å². The smallest absolute Gasteiger partial charge is 0.354 e. The van der Waals surface area contributed by atoms with Gasteiger partial charge in [0.15, 0.2) is 0 Å². The summed E-state index contributed by atoms with van der Waals surface area (Å²) in [5.74, 6) is 2.00. The number of alkyl halides is 3. The van der Waals surface area contributed by atoms with Crippen LogP contribution in [-0.4, -0.2) is 37.8 Å². The van der Waals surface area contributed by atoms with Crippen LogP contribution in [0.25, 0.3) is 0 Å². The zero-order valence-electron chi connectivity index (χ0n) is 18.6. The van der Waals surface area contributed by atoms with Gasteiger partial charge in [0.2, 0.25) is 15.9 Å². The molecule has 3 saturated carbocycles. The van der Waals surface area contributed by atoms with Crippen molar-refractivity contribution < 1.29 is 26.4 Å². The molecule has 3 unspecified atom stereocenters. The molecule has 3 aliphatic carbocycles. The lowest BCUT2D eigenvalue weighted by atomic mass is 9.69. The lowest BCUT2D eigenvalue weighted by molar-refractivity contribution is -0.137. The quantitative estimate of drug-likeness (QED) is 0.665. The first kappa shape index (κ1) is 23.1. The van der Waals surface area contributed by atoms with Gasteiger partial charge >= 0.3 is 6.18 Å². The van der Waals surface area contributed by atoms with Crippen LogP contribution in [0, 0.1) is 23.2 Å². The summed E-state index contributed by atoms with van der Waals surface area (Å²) in [6.45, 7) is 0.557. The lowest BCUT2D eigenvalue weighted by Gasteiger charge is -2.37. The molecule has 0 spiro atoms. The molecule has 1 N–H and O–H groups in total. The standard InChI is InChI=1S/C24H31F3N2O3S/c25-24(26,27)19-6-8-21(9-7-19)33(31,32)29-10-2-5-20(29)15-28-22(30)23-12-16-3-1-4-17(13-23)18(11-16)14-23/h6-9,16-18,20H,1-5,10-15H2,(H,28,30)/t16-,17?,18?,20?,23-/m0/s1. The number of nitrogens with one attached hydrogen (secondary N) is 1. The lowest BCUT2D eigenvalue weighted by Crippen LogP contribution is -2.48. The van der Waals surface area contributed by atoms with E-state index in [1.54, 1.807) is 0 Å². The number of hydrogen-bond acceptors (Lipinski definition) is 3. The second kappa shape index (κ2) is 8.26. The highest BCUT2D eigenvalue weighted by molar-refractivity contribution is 7.89. The predicted molar refractivity (Wildman–Crippen MR) is 117 cm³/mol. The highest BCUT2D eigenvalue weighted by Crippen LogP contribution is 2.60. The zero-order chi connectivity index (χ0) is 23.4. The Kier molecular flexibility index (Phi) is 5.79. The molecule has 1 heterocycles. The molecule has 5 atom stereocenters. The van der Waals surface area contributed by atoms with Gasteiger partial charge in [0, 0.05) is 24.5 Å². The Hall–Kier alpha value is -1.61. The van der Waals surface area contributed by atoms with Crippen LogP contribution in [0.5, 0.6) is 0 Å². The van der Waals surface area contributed by atoms with Crippen LogP contribution in [0.2, 0.25) is 0 Å². The third-order valence-corrected chi connectivity index (χ3v) is 10.5. The molecule has 5 nitrogen and oxygen atoms in total. The van der Waals surface area contributed by atoms with Gasteiger partial charge in [-0.25, -0.2) is 8.42 Å². The van der Waals surface area contributed by atoms with Crippen LogP contribution in [-0.2, 0) is 21.0 Å². The maximum atomic E-state index is 13.3. The van der Waals surface area contributed by atoms with Crippen LogP contribution < -0.4 is 5.32 Å². The third kappa shape index (κ3) is 4.20. The molecule has 0 radical (unpaired) electrons. The van der Waals surface area contributed by atoms with Crippen molar-refractivity contribution in [3.05, 3.63) is 29.8 Å². The average molecular weight is 485 g/mol. The Labute approximate surface area is 193 Å². The van der Waals surface area contributed by atoms with Crippen molar-refractivity contribution >= 4 is 15.9 Å². The topological polar surface area (TPSA) is 66.5 Å². The molecule has 3 bridgehead atoms. The Morgan fingerprint density at radius 3 is 2.48 bits per heavy atom. The Morgan fingerprint density at radius 1 is 1.03 bits per heavy atom. The van der Waals surface area contributed by atoms with Gasteiger partial charge in [0.1, 0.15) is 0 Å². The number of sulfonamides is 1. The third-order valence-electron chi connectivity index (χ3n) is 8.57. The number of halogens is 3. The van der Waals surface area contributed by atoms with Gasteiger partial charge in [0.25, 0.3) is 0 Å². The molecule has 4 fully saturated rings. The van der Waals surface area contributed by atoms with Gasteiger partial charge in [-0.1, -0.05) is 19.3 Å². The SMILES string of the molecule is O=C(NCC1CCCN1S(=O)(=O)c1ccc(C(F)(F)F)cc1)[C@@]12CC3CCC[C@@H](CC3C1)C2. The minimum absolute atomic E-state index is 0.0698. The molecule has 4 aliphatic rings. The number of rotatable bonds is 5. The summed E-state index contributed by atoms with van der Waals surface area (Å²) in [6.07, 6.45) is 4.59. The van der Waals surface area contributed by atoms with E-state index < -0.39 is 21.8 Å². The summed E-state index contributed by atoms with van der Waals surface area (Å²) in [7, 11) is -3.93. The fourth-order valence-electron chi connectivity index (χ4n) is 7.11. The molecule has 33 heavy (non-hydrogen) atoms. The van der Waals surface area contributed by atoms with Crippen molar-refractivity contribution in [1.82, 2.24) is 9.62 Å². The monoisotopic (exact) mass is 484 g/mol. The molecular weight excluding hydrogens is 453 g/mol. The van der Waals surface area contributed by atoms with Crippen molar-refractivity contribution in [2.24, 2.45) is 23.2 Å². The highest BCUT2D eigenvalue weighted by Gasteiger charge is 2.55. The number of carbonyl (C=O) groups is 1. The van der Waals surface area contributed by atoms with E-state index in [4.69, 9.17) is 0 Å². The van der Waals surface area contributed by atoms with Gasteiger partial charge in [-0.05, 0) is 80.5 Å². The highest BCUT2D eigenvalue weighted by atomic mass is 32.2. The van der Waals surface area contributed by atoms with Crippen molar-refractivity contribution in [2.45, 2.75) is 74.9 Å². The Bertz CT molecular complexity index is 1010. The van der Waals surface area contributed by atoms with Crippen LogP contribution in [0.1, 0.15) is 63.4 Å². The van der Waals surface area contributed by atoms with E-state index in [-0.39, 0.29) is 28.8 Å². The molecule has 1 amide bonds. The average Bonchev–Trinajstić information content (AvgIpc) is 3.30. The van der Waals surface area contributed by atoms with Crippen LogP contribution in [0.3, 0.4) is 0 Å². The van der Waals surface area contributed by atoms with Gasteiger partial charge in [0.05, 0.1) is 10.5 Å². The number of carbonyl (C=O) groups excluding carboxylic acids is 1. The summed E-state index contributed by atoms with van der Waals surface area (Å²) in [6, 6.07) is 3.26. The normalized spacial score (nSPS) is 34.4. The predicted octanol–water partition coefficient (Wildman–Crippen LogP) is 4.58. The summed E-state index contributed by atoms with van der Waals surface area (Å²) in [5, 5.41) is 3.09. The molecular formula is C24H31F3N2O3S. The van der Waals surface area contributed by atoms with E-state index in [1.807, 2.05) is 0 Å². The molecule has 1 aromatic carbocycles. The van der Waals surface area contributed by atoms with Gasteiger partial charge < -0.3 is 5.32 Å². The maximum absolute atomic E-state index is 13.3. The number of benzene rings is 1. The molecule has 1 aromatic rings. The summed E-state index contributed by atoms with van der Waals surface area (Å²) >= 11 is 0. The number of amides is 1. The van der Waals surface area contributed by atoms with Crippen LogP contribution in [0.4, 0.5) is 13.2 Å². The molecule has 5 rings (SSSR count). The van der Waals surface area contributed by atoms with Crippen LogP contribution in [0.15, 0.2) is 29.2 Å². The van der Waals surface area contributed by atoms with E-state index >= 15 is 0 Å². The Balaban J connectivity index is 1.26. The minimum Gasteiger partial charge on any atom is -0.354 e.